The lowest BCUT2D eigenvalue weighted by Crippen LogP contribution is -2.11. The molecule has 0 N–H and O–H groups in total. The molecular formula is C21H16Br2ClNO3S. The van der Waals surface area contributed by atoms with E-state index in [4.69, 9.17) is 15.8 Å². The summed E-state index contributed by atoms with van der Waals surface area (Å²) in [7, 11) is -4.05. The van der Waals surface area contributed by atoms with E-state index in [1.807, 2.05) is 32.0 Å². The van der Waals surface area contributed by atoms with Crippen LogP contribution >= 0.6 is 43.5 Å². The van der Waals surface area contributed by atoms with Crippen LogP contribution in [0.2, 0.25) is 5.02 Å². The van der Waals surface area contributed by atoms with E-state index in [2.05, 4.69) is 36.9 Å². The van der Waals surface area contributed by atoms with E-state index in [9.17, 15) is 8.42 Å². The Kier molecular flexibility index (Phi) is 6.83. The van der Waals surface area contributed by atoms with Crippen molar-refractivity contribution in [2.45, 2.75) is 18.7 Å². The third-order valence-corrected chi connectivity index (χ3v) is 6.57. The van der Waals surface area contributed by atoms with Gasteiger partial charge < -0.3 is 4.18 Å². The van der Waals surface area contributed by atoms with Crippen molar-refractivity contribution in [2.24, 2.45) is 4.99 Å². The van der Waals surface area contributed by atoms with Gasteiger partial charge in [0.2, 0.25) is 0 Å². The van der Waals surface area contributed by atoms with Crippen LogP contribution in [0.25, 0.3) is 0 Å². The SMILES string of the molecule is Cc1ccc(C)c(N=Cc2cc(Br)cc(Br)c2OS(=O)(=O)c2ccc(Cl)cc2)c1. The van der Waals surface area contributed by atoms with E-state index < -0.39 is 10.1 Å². The first kappa shape index (κ1) is 22.0. The minimum atomic E-state index is -4.05. The topological polar surface area (TPSA) is 55.7 Å². The van der Waals surface area contributed by atoms with Crippen molar-refractivity contribution in [3.63, 3.8) is 0 Å². The number of rotatable bonds is 5. The molecule has 3 aromatic rings. The van der Waals surface area contributed by atoms with Gasteiger partial charge in [0.15, 0.2) is 5.75 Å². The van der Waals surface area contributed by atoms with Gasteiger partial charge in [-0.05, 0) is 83.4 Å². The highest BCUT2D eigenvalue weighted by Gasteiger charge is 2.21. The molecule has 0 heterocycles. The second-order valence-corrected chi connectivity index (χ2v) is 10.1. The number of benzene rings is 3. The maximum atomic E-state index is 12.7. The fourth-order valence-electron chi connectivity index (χ4n) is 2.52. The van der Waals surface area contributed by atoms with E-state index in [1.165, 1.54) is 24.3 Å². The molecule has 0 saturated carbocycles. The van der Waals surface area contributed by atoms with E-state index in [-0.39, 0.29) is 10.6 Å². The molecule has 0 bridgehead atoms. The zero-order valence-corrected chi connectivity index (χ0v) is 20.2. The maximum absolute atomic E-state index is 12.7. The van der Waals surface area contributed by atoms with Crippen LogP contribution in [-0.2, 0) is 10.1 Å². The molecule has 0 radical (unpaired) electrons. The number of hydrogen-bond donors (Lipinski definition) is 0. The second kappa shape index (κ2) is 9.00. The Morgan fingerprint density at radius 3 is 2.38 bits per heavy atom. The Morgan fingerprint density at radius 1 is 1.00 bits per heavy atom. The molecule has 0 aliphatic rings. The van der Waals surface area contributed by atoms with Crippen LogP contribution in [0.5, 0.6) is 5.75 Å². The van der Waals surface area contributed by atoms with Crippen LogP contribution in [0.3, 0.4) is 0 Å². The van der Waals surface area contributed by atoms with E-state index in [1.54, 1.807) is 18.3 Å². The summed E-state index contributed by atoms with van der Waals surface area (Å²) in [6.45, 7) is 3.95. The van der Waals surface area contributed by atoms with Gasteiger partial charge >= 0.3 is 10.1 Å². The smallest absolute Gasteiger partial charge is 0.339 e. The Balaban J connectivity index is 2.02. The molecule has 29 heavy (non-hydrogen) atoms. The minimum absolute atomic E-state index is 0.00846. The van der Waals surface area contributed by atoms with Gasteiger partial charge in [0.05, 0.1) is 10.2 Å². The molecule has 8 heteroatoms. The number of hydrogen-bond acceptors (Lipinski definition) is 4. The lowest BCUT2D eigenvalue weighted by molar-refractivity contribution is 0.484. The Hall–Kier alpha value is -1.67. The lowest BCUT2D eigenvalue weighted by Gasteiger charge is -2.12. The molecule has 0 unspecified atom stereocenters. The Bertz CT molecular complexity index is 1190. The molecule has 0 aromatic heterocycles. The van der Waals surface area contributed by atoms with Crippen molar-refractivity contribution >= 4 is 65.5 Å². The first-order chi connectivity index (χ1) is 13.7. The monoisotopic (exact) mass is 555 g/mol. The minimum Gasteiger partial charge on any atom is -0.377 e. The molecule has 0 spiro atoms. The van der Waals surface area contributed by atoms with Crippen LogP contribution < -0.4 is 4.18 Å². The summed E-state index contributed by atoms with van der Waals surface area (Å²) in [5, 5.41) is 0.440. The predicted molar refractivity (Wildman–Crippen MR) is 124 cm³/mol. The largest absolute Gasteiger partial charge is 0.377 e. The van der Waals surface area contributed by atoms with Crippen molar-refractivity contribution < 1.29 is 12.6 Å². The highest BCUT2D eigenvalue weighted by atomic mass is 79.9. The fourth-order valence-corrected chi connectivity index (χ4v) is 5.06. The standard InChI is InChI=1S/C21H16Br2ClNO3S/c1-13-3-4-14(2)20(9-13)25-12-15-10-16(22)11-19(23)21(15)28-29(26,27)18-7-5-17(24)6-8-18/h3-12H,1-2H3. The summed E-state index contributed by atoms with van der Waals surface area (Å²) < 4.78 is 32.2. The summed E-state index contributed by atoms with van der Waals surface area (Å²) in [6.07, 6.45) is 1.59. The summed E-state index contributed by atoms with van der Waals surface area (Å²) in [6, 6.07) is 15.2. The number of aryl methyl sites for hydroxylation is 2. The molecule has 0 aliphatic carbocycles. The molecule has 4 nitrogen and oxygen atoms in total. The van der Waals surface area contributed by atoms with Gasteiger partial charge in [-0.25, -0.2) is 0 Å². The van der Waals surface area contributed by atoms with Crippen molar-refractivity contribution in [3.05, 3.63) is 85.3 Å². The van der Waals surface area contributed by atoms with Crippen molar-refractivity contribution in [1.29, 1.82) is 0 Å². The molecule has 3 aromatic carbocycles. The van der Waals surface area contributed by atoms with Crippen molar-refractivity contribution in [1.82, 2.24) is 0 Å². The van der Waals surface area contributed by atoms with Crippen LogP contribution in [0.15, 0.2) is 73.4 Å². The summed E-state index contributed by atoms with van der Waals surface area (Å²) >= 11 is 12.7. The number of halogens is 3. The molecule has 0 aliphatic heterocycles. The average molecular weight is 558 g/mol. The van der Waals surface area contributed by atoms with Gasteiger partial charge in [0, 0.05) is 21.3 Å². The molecule has 3 rings (SSSR count). The molecular weight excluding hydrogens is 542 g/mol. The highest BCUT2D eigenvalue weighted by molar-refractivity contribution is 9.11. The third-order valence-electron chi connectivity index (χ3n) is 4.04. The second-order valence-electron chi connectivity index (χ2n) is 6.35. The van der Waals surface area contributed by atoms with Crippen molar-refractivity contribution in [2.75, 3.05) is 0 Å². The van der Waals surface area contributed by atoms with Gasteiger partial charge in [-0.15, -0.1) is 0 Å². The van der Waals surface area contributed by atoms with E-state index in [0.29, 0.717) is 15.1 Å². The molecule has 150 valence electrons. The molecule has 0 amide bonds. The first-order valence-electron chi connectivity index (χ1n) is 8.46. The van der Waals surface area contributed by atoms with Crippen LogP contribution in [0, 0.1) is 13.8 Å². The van der Waals surface area contributed by atoms with E-state index >= 15 is 0 Å². The summed E-state index contributed by atoms with van der Waals surface area (Å²) in [5.74, 6) is 0.150. The van der Waals surface area contributed by atoms with Crippen molar-refractivity contribution in [3.8, 4) is 5.75 Å². The third kappa shape index (κ3) is 5.48. The van der Waals surface area contributed by atoms with Gasteiger partial charge in [0.1, 0.15) is 4.90 Å². The quantitative estimate of drug-likeness (QED) is 0.251. The zero-order chi connectivity index (χ0) is 21.2. The summed E-state index contributed by atoms with van der Waals surface area (Å²) in [5.41, 5.74) is 3.40. The van der Waals surface area contributed by atoms with Gasteiger partial charge in [0.25, 0.3) is 0 Å². The molecule has 0 atom stereocenters. The van der Waals surface area contributed by atoms with Gasteiger partial charge in [-0.3, -0.25) is 4.99 Å². The van der Waals surface area contributed by atoms with Gasteiger partial charge in [-0.2, -0.15) is 8.42 Å². The Labute approximate surface area is 192 Å². The fraction of sp³-hybridized carbons (Fsp3) is 0.0952. The van der Waals surface area contributed by atoms with Gasteiger partial charge in [-0.1, -0.05) is 39.7 Å². The molecule has 0 fully saturated rings. The summed E-state index contributed by atoms with van der Waals surface area (Å²) in [4.78, 5) is 4.54. The highest BCUT2D eigenvalue weighted by Crippen LogP contribution is 2.35. The van der Waals surface area contributed by atoms with Crippen LogP contribution in [-0.4, -0.2) is 14.6 Å². The average Bonchev–Trinajstić information content (AvgIpc) is 2.65. The van der Waals surface area contributed by atoms with E-state index in [0.717, 1.165) is 21.3 Å². The lowest BCUT2D eigenvalue weighted by atomic mass is 10.1. The van der Waals surface area contributed by atoms with Crippen LogP contribution in [0.4, 0.5) is 5.69 Å². The number of aliphatic imine (C=N–C) groups is 1. The maximum Gasteiger partial charge on any atom is 0.339 e. The number of nitrogens with zero attached hydrogens (tertiary/aromatic N) is 1. The first-order valence-corrected chi connectivity index (χ1v) is 11.8. The normalized spacial score (nSPS) is 11.8. The Morgan fingerprint density at radius 2 is 1.69 bits per heavy atom. The van der Waals surface area contributed by atoms with Crippen LogP contribution in [0.1, 0.15) is 16.7 Å². The zero-order valence-electron chi connectivity index (χ0n) is 15.5. The predicted octanol–water partition coefficient (Wildman–Crippen LogP) is 7.00. The molecule has 0 saturated heterocycles.